The van der Waals surface area contributed by atoms with Crippen LogP contribution < -0.4 is 5.32 Å². The molecule has 6 heteroatoms. The van der Waals surface area contributed by atoms with Crippen molar-refractivity contribution in [2.75, 3.05) is 0 Å². The molecule has 0 saturated carbocycles. The van der Waals surface area contributed by atoms with E-state index in [1.165, 1.54) is 11.8 Å². The van der Waals surface area contributed by atoms with Gasteiger partial charge in [-0.1, -0.05) is 18.2 Å². The summed E-state index contributed by atoms with van der Waals surface area (Å²) in [4.78, 5) is 18.4. The topological polar surface area (TPSA) is 41.5 Å². The van der Waals surface area contributed by atoms with Gasteiger partial charge in [0, 0.05) is 4.88 Å². The summed E-state index contributed by atoms with van der Waals surface area (Å²) >= 11 is 6.40. The SMILES string of the molecule is Cc1cccc(C)c1N=C1NC(=O)/C(=C\c2ccc(Br)s2)S1. The van der Waals surface area contributed by atoms with Crippen LogP contribution in [0.4, 0.5) is 5.69 Å². The number of thiophene rings is 1. The smallest absolute Gasteiger partial charge is 0.264 e. The van der Waals surface area contributed by atoms with Crippen LogP contribution in [0.1, 0.15) is 16.0 Å². The minimum atomic E-state index is -0.0977. The molecule has 3 rings (SSSR count). The lowest BCUT2D eigenvalue weighted by Crippen LogP contribution is -2.19. The van der Waals surface area contributed by atoms with E-state index in [4.69, 9.17) is 0 Å². The molecule has 1 aliphatic heterocycles. The van der Waals surface area contributed by atoms with Gasteiger partial charge < -0.3 is 5.32 Å². The lowest BCUT2D eigenvalue weighted by Gasteiger charge is -2.04. The summed E-state index contributed by atoms with van der Waals surface area (Å²) in [6.45, 7) is 4.04. The minimum absolute atomic E-state index is 0.0977. The first-order valence-corrected chi connectivity index (χ1v) is 9.06. The Kier molecular flexibility index (Phi) is 4.52. The molecule has 1 aromatic carbocycles. The van der Waals surface area contributed by atoms with Crippen LogP contribution in [0, 0.1) is 13.8 Å². The Morgan fingerprint density at radius 2 is 1.91 bits per heavy atom. The summed E-state index contributed by atoms with van der Waals surface area (Å²) in [6.07, 6.45) is 1.89. The van der Waals surface area contributed by atoms with Crippen molar-refractivity contribution in [1.82, 2.24) is 5.32 Å². The van der Waals surface area contributed by atoms with E-state index in [9.17, 15) is 4.79 Å². The van der Waals surface area contributed by atoms with Gasteiger partial charge in [-0.05, 0) is 70.9 Å². The second kappa shape index (κ2) is 6.40. The highest BCUT2D eigenvalue weighted by Crippen LogP contribution is 2.32. The molecule has 2 aromatic rings. The number of hydrogen-bond donors (Lipinski definition) is 1. The quantitative estimate of drug-likeness (QED) is 0.728. The highest BCUT2D eigenvalue weighted by Gasteiger charge is 2.24. The van der Waals surface area contributed by atoms with Crippen molar-refractivity contribution in [3.8, 4) is 0 Å². The van der Waals surface area contributed by atoms with Crippen molar-refractivity contribution in [3.63, 3.8) is 0 Å². The molecule has 1 aliphatic rings. The lowest BCUT2D eigenvalue weighted by atomic mass is 10.1. The minimum Gasteiger partial charge on any atom is -0.300 e. The maximum absolute atomic E-state index is 12.1. The fraction of sp³-hybridized carbons (Fsp3) is 0.125. The normalized spacial score (nSPS) is 18.2. The molecule has 0 spiro atoms. The molecule has 1 N–H and O–H groups in total. The van der Waals surface area contributed by atoms with E-state index >= 15 is 0 Å². The van der Waals surface area contributed by atoms with Crippen molar-refractivity contribution >= 4 is 61.9 Å². The molecular formula is C16H13BrN2OS2. The van der Waals surface area contributed by atoms with Crippen molar-refractivity contribution in [2.45, 2.75) is 13.8 Å². The van der Waals surface area contributed by atoms with Crippen LogP contribution in [-0.4, -0.2) is 11.1 Å². The zero-order valence-corrected chi connectivity index (χ0v) is 15.2. The first-order chi connectivity index (χ1) is 10.5. The largest absolute Gasteiger partial charge is 0.300 e. The van der Waals surface area contributed by atoms with Crippen molar-refractivity contribution in [3.05, 3.63) is 55.0 Å². The predicted octanol–water partition coefficient (Wildman–Crippen LogP) is 5.02. The molecule has 0 bridgehead atoms. The number of rotatable bonds is 2. The average Bonchev–Trinajstić information content (AvgIpc) is 3.01. The Labute approximate surface area is 145 Å². The third-order valence-corrected chi connectivity index (χ3v) is 5.65. The maximum Gasteiger partial charge on any atom is 0.264 e. The number of aliphatic imine (C=N–C) groups is 1. The van der Waals surface area contributed by atoms with Crippen LogP contribution >= 0.6 is 39.0 Å². The highest BCUT2D eigenvalue weighted by molar-refractivity contribution is 9.11. The van der Waals surface area contributed by atoms with Crippen LogP contribution in [0.5, 0.6) is 0 Å². The molecule has 1 saturated heterocycles. The van der Waals surface area contributed by atoms with Crippen LogP contribution in [-0.2, 0) is 4.79 Å². The van der Waals surface area contributed by atoms with Gasteiger partial charge in [-0.15, -0.1) is 11.3 Å². The Hall–Kier alpha value is -1.37. The molecular weight excluding hydrogens is 380 g/mol. The van der Waals surface area contributed by atoms with E-state index in [1.54, 1.807) is 11.3 Å². The van der Waals surface area contributed by atoms with E-state index < -0.39 is 0 Å². The Bertz CT molecular complexity index is 788. The third kappa shape index (κ3) is 3.34. The molecule has 112 valence electrons. The van der Waals surface area contributed by atoms with Gasteiger partial charge >= 0.3 is 0 Å². The summed E-state index contributed by atoms with van der Waals surface area (Å²) in [5, 5.41) is 3.46. The summed E-state index contributed by atoms with van der Waals surface area (Å²) in [7, 11) is 0. The molecule has 2 heterocycles. The van der Waals surface area contributed by atoms with Gasteiger partial charge in [0.25, 0.3) is 5.91 Å². The summed E-state index contributed by atoms with van der Waals surface area (Å²) < 4.78 is 1.05. The number of amidine groups is 1. The fourth-order valence-corrected chi connectivity index (χ4v) is 4.36. The van der Waals surface area contributed by atoms with E-state index in [2.05, 4.69) is 26.2 Å². The summed E-state index contributed by atoms with van der Waals surface area (Å²) in [5.74, 6) is -0.0977. The first-order valence-electron chi connectivity index (χ1n) is 6.64. The second-order valence-electron chi connectivity index (χ2n) is 4.86. The number of thioether (sulfide) groups is 1. The van der Waals surface area contributed by atoms with Gasteiger partial charge in [-0.3, -0.25) is 4.79 Å². The maximum atomic E-state index is 12.1. The number of nitrogens with one attached hydrogen (secondary N) is 1. The average molecular weight is 393 g/mol. The van der Waals surface area contributed by atoms with Crippen molar-refractivity contribution in [1.29, 1.82) is 0 Å². The van der Waals surface area contributed by atoms with Gasteiger partial charge in [-0.2, -0.15) is 0 Å². The monoisotopic (exact) mass is 392 g/mol. The highest BCUT2D eigenvalue weighted by atomic mass is 79.9. The van der Waals surface area contributed by atoms with Gasteiger partial charge in [0.2, 0.25) is 0 Å². The number of nitrogens with zero attached hydrogens (tertiary/aromatic N) is 1. The van der Waals surface area contributed by atoms with Gasteiger partial charge in [0.15, 0.2) is 5.17 Å². The van der Waals surface area contributed by atoms with Crippen LogP contribution in [0.2, 0.25) is 0 Å². The van der Waals surface area contributed by atoms with E-state index in [1.807, 2.05) is 50.3 Å². The van der Waals surface area contributed by atoms with Gasteiger partial charge in [0.05, 0.1) is 14.4 Å². The second-order valence-corrected chi connectivity index (χ2v) is 8.39. The molecule has 1 aromatic heterocycles. The molecule has 0 radical (unpaired) electrons. The molecule has 1 fully saturated rings. The molecule has 0 aliphatic carbocycles. The molecule has 1 amide bonds. The number of halogens is 1. The number of carbonyl (C=O) groups excluding carboxylic acids is 1. The number of carbonyl (C=O) groups is 1. The summed E-state index contributed by atoms with van der Waals surface area (Å²) in [5.41, 5.74) is 3.12. The Balaban J connectivity index is 1.88. The Morgan fingerprint density at radius 3 is 2.55 bits per heavy atom. The van der Waals surface area contributed by atoms with Crippen molar-refractivity contribution < 1.29 is 4.79 Å². The molecule has 3 nitrogen and oxygen atoms in total. The third-order valence-electron chi connectivity index (χ3n) is 3.17. The predicted molar refractivity (Wildman–Crippen MR) is 98.7 cm³/mol. The fourth-order valence-electron chi connectivity index (χ4n) is 2.10. The van der Waals surface area contributed by atoms with E-state index in [0.29, 0.717) is 10.1 Å². The van der Waals surface area contributed by atoms with Gasteiger partial charge in [-0.25, -0.2) is 4.99 Å². The van der Waals surface area contributed by atoms with Crippen LogP contribution in [0.3, 0.4) is 0 Å². The zero-order chi connectivity index (χ0) is 15.7. The number of amides is 1. The number of para-hydroxylation sites is 1. The zero-order valence-electron chi connectivity index (χ0n) is 12.0. The van der Waals surface area contributed by atoms with Gasteiger partial charge in [0.1, 0.15) is 0 Å². The molecule has 0 atom stereocenters. The van der Waals surface area contributed by atoms with Crippen molar-refractivity contribution in [2.24, 2.45) is 4.99 Å². The van der Waals surface area contributed by atoms with Crippen LogP contribution in [0.15, 0.2) is 44.0 Å². The summed E-state index contributed by atoms with van der Waals surface area (Å²) in [6, 6.07) is 10.0. The van der Waals surface area contributed by atoms with E-state index in [0.717, 1.165) is 25.5 Å². The van der Waals surface area contributed by atoms with Crippen LogP contribution in [0.25, 0.3) is 6.08 Å². The molecule has 22 heavy (non-hydrogen) atoms. The number of hydrogen-bond acceptors (Lipinski definition) is 4. The molecule has 0 unspecified atom stereocenters. The number of aryl methyl sites for hydroxylation is 2. The first kappa shape index (κ1) is 15.5. The van der Waals surface area contributed by atoms with E-state index in [-0.39, 0.29) is 5.91 Å². The lowest BCUT2D eigenvalue weighted by molar-refractivity contribution is -0.115. The Morgan fingerprint density at radius 1 is 1.18 bits per heavy atom. The standard InChI is InChI=1S/C16H13BrN2OS2/c1-9-4-3-5-10(2)14(9)18-16-19-15(20)12(22-16)8-11-6-7-13(17)21-11/h3-8H,1-2H3,(H,18,19,20)/b12-8+. The number of benzene rings is 1.